The standard InChI is InChI=1S/C14H21NO2/c1-2-15-8-10-16-11-12-7-9-17-14-6-4-3-5-13(12)14/h3-6,12,15H,2,7-11H2,1H3. The Bertz CT molecular complexity index is 341. The van der Waals surface area contributed by atoms with E-state index in [9.17, 15) is 0 Å². The van der Waals surface area contributed by atoms with Crippen molar-refractivity contribution in [2.75, 3.05) is 32.9 Å². The maximum Gasteiger partial charge on any atom is 0.122 e. The molecular weight excluding hydrogens is 214 g/mol. The third kappa shape index (κ3) is 3.45. The van der Waals surface area contributed by atoms with Crippen LogP contribution in [0.2, 0.25) is 0 Å². The van der Waals surface area contributed by atoms with Crippen LogP contribution in [-0.2, 0) is 4.74 Å². The van der Waals surface area contributed by atoms with Crippen LogP contribution < -0.4 is 10.1 Å². The molecule has 0 aliphatic carbocycles. The molecule has 17 heavy (non-hydrogen) atoms. The van der Waals surface area contributed by atoms with Gasteiger partial charge in [-0.25, -0.2) is 0 Å². The largest absolute Gasteiger partial charge is 0.493 e. The predicted molar refractivity (Wildman–Crippen MR) is 68.7 cm³/mol. The van der Waals surface area contributed by atoms with Gasteiger partial charge in [0.1, 0.15) is 5.75 Å². The van der Waals surface area contributed by atoms with Gasteiger partial charge in [-0.3, -0.25) is 0 Å². The summed E-state index contributed by atoms with van der Waals surface area (Å²) in [6.45, 7) is 6.43. The minimum absolute atomic E-state index is 0.488. The van der Waals surface area contributed by atoms with Crippen molar-refractivity contribution in [1.82, 2.24) is 5.32 Å². The maximum atomic E-state index is 5.71. The summed E-state index contributed by atoms with van der Waals surface area (Å²) in [5.74, 6) is 1.51. The smallest absolute Gasteiger partial charge is 0.122 e. The van der Waals surface area contributed by atoms with Gasteiger partial charge in [-0.05, 0) is 24.6 Å². The quantitative estimate of drug-likeness (QED) is 0.767. The number of fused-ring (bicyclic) bond motifs is 1. The summed E-state index contributed by atoms with van der Waals surface area (Å²) in [5.41, 5.74) is 1.29. The van der Waals surface area contributed by atoms with Gasteiger partial charge < -0.3 is 14.8 Å². The Hall–Kier alpha value is -1.06. The van der Waals surface area contributed by atoms with Gasteiger partial charge in [-0.1, -0.05) is 25.1 Å². The molecular formula is C14H21NO2. The molecule has 1 heterocycles. The monoisotopic (exact) mass is 235 g/mol. The molecule has 0 spiro atoms. The number of nitrogens with one attached hydrogen (secondary N) is 1. The van der Waals surface area contributed by atoms with Crippen LogP contribution >= 0.6 is 0 Å². The highest BCUT2D eigenvalue weighted by atomic mass is 16.5. The number of rotatable bonds is 6. The van der Waals surface area contributed by atoms with E-state index in [-0.39, 0.29) is 0 Å². The summed E-state index contributed by atoms with van der Waals surface area (Å²) in [6.07, 6.45) is 1.05. The van der Waals surface area contributed by atoms with Crippen molar-refractivity contribution in [3.63, 3.8) is 0 Å². The average molecular weight is 235 g/mol. The van der Waals surface area contributed by atoms with E-state index < -0.39 is 0 Å². The van der Waals surface area contributed by atoms with Gasteiger partial charge in [0.05, 0.1) is 19.8 Å². The van der Waals surface area contributed by atoms with E-state index in [1.807, 2.05) is 12.1 Å². The van der Waals surface area contributed by atoms with E-state index >= 15 is 0 Å². The Balaban J connectivity index is 1.82. The van der Waals surface area contributed by atoms with Crippen molar-refractivity contribution in [3.05, 3.63) is 29.8 Å². The van der Waals surface area contributed by atoms with Crippen LogP contribution in [0, 0.1) is 0 Å². The molecule has 1 aliphatic heterocycles. The van der Waals surface area contributed by atoms with Crippen LogP contribution in [0.4, 0.5) is 0 Å². The van der Waals surface area contributed by atoms with Gasteiger partial charge in [0.15, 0.2) is 0 Å². The van der Waals surface area contributed by atoms with Gasteiger partial charge in [0, 0.05) is 12.5 Å². The third-order valence-corrected chi connectivity index (χ3v) is 3.07. The topological polar surface area (TPSA) is 30.5 Å². The summed E-state index contributed by atoms with van der Waals surface area (Å²) in [5, 5.41) is 3.26. The van der Waals surface area contributed by atoms with Gasteiger partial charge >= 0.3 is 0 Å². The lowest BCUT2D eigenvalue weighted by Gasteiger charge is -2.25. The summed E-state index contributed by atoms with van der Waals surface area (Å²) in [7, 11) is 0. The van der Waals surface area contributed by atoms with E-state index in [0.29, 0.717) is 5.92 Å². The molecule has 3 heteroatoms. The molecule has 0 bridgehead atoms. The van der Waals surface area contributed by atoms with Crippen molar-refractivity contribution in [1.29, 1.82) is 0 Å². The first-order valence-electron chi connectivity index (χ1n) is 6.42. The average Bonchev–Trinajstić information content (AvgIpc) is 2.39. The second-order valence-corrected chi connectivity index (χ2v) is 4.30. The molecule has 1 atom stereocenters. The second-order valence-electron chi connectivity index (χ2n) is 4.30. The fourth-order valence-electron chi connectivity index (χ4n) is 2.14. The number of para-hydroxylation sites is 1. The lowest BCUT2D eigenvalue weighted by molar-refractivity contribution is 0.108. The molecule has 3 nitrogen and oxygen atoms in total. The molecule has 1 unspecified atom stereocenters. The molecule has 1 aromatic carbocycles. The number of hydrogen-bond donors (Lipinski definition) is 1. The van der Waals surface area contributed by atoms with Crippen molar-refractivity contribution in [2.45, 2.75) is 19.3 Å². The van der Waals surface area contributed by atoms with Gasteiger partial charge in [0.25, 0.3) is 0 Å². The van der Waals surface area contributed by atoms with Gasteiger partial charge in [-0.15, -0.1) is 0 Å². The normalized spacial score (nSPS) is 18.5. The van der Waals surface area contributed by atoms with Crippen LogP contribution in [0.15, 0.2) is 24.3 Å². The molecule has 1 aromatic rings. The number of ether oxygens (including phenoxy) is 2. The van der Waals surface area contributed by atoms with E-state index in [2.05, 4.69) is 24.4 Å². The molecule has 0 radical (unpaired) electrons. The SMILES string of the molecule is CCNCCOCC1CCOc2ccccc21. The van der Waals surface area contributed by atoms with Gasteiger partial charge in [0.2, 0.25) is 0 Å². The number of likely N-dealkylation sites (N-methyl/N-ethyl adjacent to an activating group) is 1. The lowest BCUT2D eigenvalue weighted by atomic mass is 9.94. The lowest BCUT2D eigenvalue weighted by Crippen LogP contribution is -2.22. The van der Waals surface area contributed by atoms with Crippen molar-refractivity contribution >= 4 is 0 Å². The molecule has 94 valence electrons. The van der Waals surface area contributed by atoms with Crippen LogP contribution in [0.25, 0.3) is 0 Å². The first-order chi connectivity index (χ1) is 8.42. The zero-order chi connectivity index (χ0) is 11.9. The summed E-state index contributed by atoms with van der Waals surface area (Å²) >= 11 is 0. The number of benzene rings is 1. The summed E-state index contributed by atoms with van der Waals surface area (Å²) < 4.78 is 11.3. The molecule has 1 aliphatic rings. The van der Waals surface area contributed by atoms with Crippen LogP contribution in [-0.4, -0.2) is 32.9 Å². The Morgan fingerprint density at radius 3 is 3.18 bits per heavy atom. The van der Waals surface area contributed by atoms with Crippen LogP contribution in [0.3, 0.4) is 0 Å². The second kappa shape index (κ2) is 6.62. The zero-order valence-corrected chi connectivity index (χ0v) is 10.4. The highest BCUT2D eigenvalue weighted by Gasteiger charge is 2.20. The first-order valence-corrected chi connectivity index (χ1v) is 6.42. The Labute approximate surface area is 103 Å². The molecule has 0 fully saturated rings. The molecule has 0 amide bonds. The highest BCUT2D eigenvalue weighted by molar-refractivity contribution is 5.37. The third-order valence-electron chi connectivity index (χ3n) is 3.07. The van der Waals surface area contributed by atoms with Gasteiger partial charge in [-0.2, -0.15) is 0 Å². The first kappa shape index (κ1) is 12.4. The van der Waals surface area contributed by atoms with E-state index in [1.54, 1.807) is 0 Å². The van der Waals surface area contributed by atoms with Crippen LogP contribution in [0.5, 0.6) is 5.75 Å². The highest BCUT2D eigenvalue weighted by Crippen LogP contribution is 2.33. The fourth-order valence-corrected chi connectivity index (χ4v) is 2.14. The zero-order valence-electron chi connectivity index (χ0n) is 10.4. The van der Waals surface area contributed by atoms with E-state index in [1.165, 1.54) is 5.56 Å². The molecule has 0 saturated carbocycles. The maximum absolute atomic E-state index is 5.71. The molecule has 2 rings (SSSR count). The van der Waals surface area contributed by atoms with Crippen molar-refractivity contribution < 1.29 is 9.47 Å². The van der Waals surface area contributed by atoms with E-state index in [4.69, 9.17) is 9.47 Å². The molecule has 1 N–H and O–H groups in total. The Morgan fingerprint density at radius 2 is 2.29 bits per heavy atom. The minimum Gasteiger partial charge on any atom is -0.493 e. The Kier molecular flexibility index (Phi) is 4.83. The van der Waals surface area contributed by atoms with E-state index in [0.717, 1.165) is 45.1 Å². The number of hydrogen-bond acceptors (Lipinski definition) is 3. The Morgan fingerprint density at radius 1 is 1.41 bits per heavy atom. The fraction of sp³-hybridized carbons (Fsp3) is 0.571. The minimum atomic E-state index is 0.488. The summed E-state index contributed by atoms with van der Waals surface area (Å²) in [6, 6.07) is 8.28. The van der Waals surface area contributed by atoms with Crippen LogP contribution in [0.1, 0.15) is 24.8 Å². The molecule has 0 saturated heterocycles. The molecule has 0 aromatic heterocycles. The predicted octanol–water partition coefficient (Wildman–Crippen LogP) is 2.18. The van der Waals surface area contributed by atoms with Crippen molar-refractivity contribution in [2.24, 2.45) is 0 Å². The summed E-state index contributed by atoms with van der Waals surface area (Å²) in [4.78, 5) is 0. The van der Waals surface area contributed by atoms with Crippen molar-refractivity contribution in [3.8, 4) is 5.75 Å².